The SMILES string of the molecule is CC(C)(C)OC(=O)N1C[C@H](O[Si](C)(C)C(C)(C)C)C[C@H]1C1CCN(C(=O)OCc2ccc([N+](=O)[O-])cc2)CCS1. The average Bonchev–Trinajstić information content (AvgIpc) is 3.08. The van der Waals surface area contributed by atoms with Crippen LogP contribution in [0.15, 0.2) is 24.3 Å². The summed E-state index contributed by atoms with van der Waals surface area (Å²) in [5.41, 5.74) is 0.0867. The van der Waals surface area contributed by atoms with Crippen molar-refractivity contribution in [2.75, 3.05) is 25.4 Å². The molecule has 2 heterocycles. The number of ether oxygens (including phenoxy) is 2. The van der Waals surface area contributed by atoms with E-state index in [9.17, 15) is 19.7 Å². The third-order valence-corrected chi connectivity index (χ3v) is 13.7. The normalized spacial score (nSPS) is 22.6. The van der Waals surface area contributed by atoms with Crippen LogP contribution in [0.4, 0.5) is 15.3 Å². The first-order chi connectivity index (χ1) is 18.5. The van der Waals surface area contributed by atoms with Crippen molar-refractivity contribution in [3.05, 3.63) is 39.9 Å². The lowest BCUT2D eigenvalue weighted by Gasteiger charge is -2.38. The molecule has 1 unspecified atom stereocenters. The molecule has 0 N–H and O–H groups in total. The first kappa shape index (κ1) is 32.2. The maximum atomic E-state index is 13.3. The highest BCUT2D eigenvalue weighted by Gasteiger charge is 2.46. The summed E-state index contributed by atoms with van der Waals surface area (Å²) in [6.07, 6.45) is 0.685. The molecule has 40 heavy (non-hydrogen) atoms. The minimum absolute atomic E-state index is 0.00467. The van der Waals surface area contributed by atoms with Gasteiger partial charge in [0.2, 0.25) is 0 Å². The quantitative estimate of drug-likeness (QED) is 0.210. The number of carbonyl (C=O) groups excluding carboxylic acids is 2. The van der Waals surface area contributed by atoms with Crippen LogP contribution in [0.1, 0.15) is 59.9 Å². The molecular weight excluding hydrogens is 550 g/mol. The van der Waals surface area contributed by atoms with Crippen LogP contribution >= 0.6 is 11.8 Å². The van der Waals surface area contributed by atoms with Gasteiger partial charge in [-0.15, -0.1) is 0 Å². The average molecular weight is 596 g/mol. The number of non-ortho nitro benzene ring substituents is 1. The van der Waals surface area contributed by atoms with Gasteiger partial charge in [-0.1, -0.05) is 20.8 Å². The number of amides is 2. The van der Waals surface area contributed by atoms with Gasteiger partial charge in [0.1, 0.15) is 12.2 Å². The third-order valence-electron chi connectivity index (χ3n) is 7.77. The molecule has 3 rings (SSSR count). The predicted octanol–water partition coefficient (Wildman–Crippen LogP) is 6.44. The first-order valence-electron chi connectivity index (χ1n) is 13.9. The maximum Gasteiger partial charge on any atom is 0.410 e. The Hall–Kier alpha value is -2.31. The second kappa shape index (κ2) is 12.7. The number of carbonyl (C=O) groups is 2. The molecule has 3 atom stereocenters. The molecule has 224 valence electrons. The van der Waals surface area contributed by atoms with E-state index >= 15 is 0 Å². The van der Waals surface area contributed by atoms with Crippen molar-refractivity contribution in [1.29, 1.82) is 0 Å². The summed E-state index contributed by atoms with van der Waals surface area (Å²) >= 11 is 1.78. The fourth-order valence-electron chi connectivity index (χ4n) is 4.62. The minimum Gasteiger partial charge on any atom is -0.445 e. The summed E-state index contributed by atoms with van der Waals surface area (Å²) in [6.45, 7) is 18.4. The molecule has 0 radical (unpaired) electrons. The fraction of sp³-hybridized carbons (Fsp3) is 0.714. The van der Waals surface area contributed by atoms with Crippen LogP contribution in [-0.4, -0.2) is 83.6 Å². The zero-order valence-corrected chi connectivity index (χ0v) is 26.9. The molecule has 10 nitrogen and oxygen atoms in total. The van der Waals surface area contributed by atoms with E-state index in [1.807, 2.05) is 25.7 Å². The Bertz CT molecular complexity index is 1060. The zero-order chi connectivity index (χ0) is 29.9. The Morgan fingerprint density at radius 2 is 1.73 bits per heavy atom. The molecule has 12 heteroatoms. The maximum absolute atomic E-state index is 13.3. The Morgan fingerprint density at radius 1 is 1.07 bits per heavy atom. The van der Waals surface area contributed by atoms with Crippen molar-refractivity contribution in [3.63, 3.8) is 0 Å². The van der Waals surface area contributed by atoms with Crippen molar-refractivity contribution in [1.82, 2.24) is 9.80 Å². The summed E-state index contributed by atoms with van der Waals surface area (Å²) in [4.78, 5) is 40.1. The number of benzene rings is 1. The molecule has 0 bridgehead atoms. The largest absolute Gasteiger partial charge is 0.445 e. The van der Waals surface area contributed by atoms with Crippen LogP contribution in [0.5, 0.6) is 0 Å². The molecular formula is C28H45N3O7SSi. The van der Waals surface area contributed by atoms with Gasteiger partial charge in [-0.05, 0) is 69.4 Å². The van der Waals surface area contributed by atoms with Gasteiger partial charge in [0.05, 0.1) is 11.0 Å². The molecule has 2 aliphatic heterocycles. The zero-order valence-electron chi connectivity index (χ0n) is 25.1. The van der Waals surface area contributed by atoms with E-state index in [1.54, 1.807) is 28.8 Å². The van der Waals surface area contributed by atoms with Crippen LogP contribution in [0, 0.1) is 10.1 Å². The minimum atomic E-state index is -2.03. The van der Waals surface area contributed by atoms with Crippen molar-refractivity contribution in [2.45, 2.75) is 102 Å². The number of nitro benzene ring substituents is 1. The van der Waals surface area contributed by atoms with Gasteiger partial charge >= 0.3 is 12.2 Å². The van der Waals surface area contributed by atoms with Crippen LogP contribution in [0.2, 0.25) is 18.1 Å². The van der Waals surface area contributed by atoms with Gasteiger partial charge in [-0.2, -0.15) is 11.8 Å². The van der Waals surface area contributed by atoms with E-state index in [1.165, 1.54) is 12.1 Å². The summed E-state index contributed by atoms with van der Waals surface area (Å²) in [6, 6.07) is 5.93. The number of nitrogens with zero attached hydrogens (tertiary/aromatic N) is 3. The molecule has 2 amide bonds. The highest BCUT2D eigenvalue weighted by Crippen LogP contribution is 2.40. The molecule has 0 aromatic heterocycles. The predicted molar refractivity (Wildman–Crippen MR) is 159 cm³/mol. The molecule has 2 fully saturated rings. The number of nitro groups is 1. The Balaban J connectivity index is 1.64. The molecule has 0 spiro atoms. The molecule has 1 aromatic carbocycles. The van der Waals surface area contributed by atoms with Crippen LogP contribution in [-0.2, 0) is 20.5 Å². The second-order valence-corrected chi connectivity index (χ2v) is 19.2. The van der Waals surface area contributed by atoms with E-state index in [4.69, 9.17) is 13.9 Å². The van der Waals surface area contributed by atoms with Gasteiger partial charge in [-0.25, -0.2) is 9.59 Å². The number of hydrogen-bond donors (Lipinski definition) is 0. The lowest BCUT2D eigenvalue weighted by molar-refractivity contribution is -0.384. The lowest BCUT2D eigenvalue weighted by Crippen LogP contribution is -2.46. The van der Waals surface area contributed by atoms with Crippen LogP contribution in [0.25, 0.3) is 0 Å². The number of hydrogen-bond acceptors (Lipinski definition) is 8. The van der Waals surface area contributed by atoms with E-state index < -0.39 is 24.9 Å². The van der Waals surface area contributed by atoms with Crippen molar-refractivity contribution in [2.24, 2.45) is 0 Å². The van der Waals surface area contributed by atoms with Gasteiger partial charge in [0, 0.05) is 48.8 Å². The molecule has 1 aromatic rings. The van der Waals surface area contributed by atoms with Crippen LogP contribution < -0.4 is 0 Å². The number of likely N-dealkylation sites (tertiary alicyclic amines) is 1. The molecule has 0 saturated carbocycles. The monoisotopic (exact) mass is 595 g/mol. The van der Waals surface area contributed by atoms with E-state index in [2.05, 4.69) is 33.9 Å². The summed E-state index contributed by atoms with van der Waals surface area (Å²) in [5, 5.41) is 11.1. The summed E-state index contributed by atoms with van der Waals surface area (Å²) in [7, 11) is -2.03. The van der Waals surface area contributed by atoms with Gasteiger partial charge in [-0.3, -0.25) is 10.1 Å². The highest BCUT2D eigenvalue weighted by atomic mass is 32.2. The van der Waals surface area contributed by atoms with Crippen molar-refractivity contribution >= 4 is 38.0 Å². The topological polar surface area (TPSA) is 111 Å². The fourth-order valence-corrected chi connectivity index (χ4v) is 7.35. The lowest BCUT2D eigenvalue weighted by atomic mass is 10.1. The summed E-state index contributed by atoms with van der Waals surface area (Å²) < 4.78 is 18.0. The summed E-state index contributed by atoms with van der Waals surface area (Å²) in [5.74, 6) is 0.726. The van der Waals surface area contributed by atoms with Crippen molar-refractivity contribution < 1.29 is 28.4 Å². The third kappa shape index (κ3) is 8.59. The van der Waals surface area contributed by atoms with E-state index in [0.717, 1.165) is 12.2 Å². The standard InChI is InChI=1S/C28H45N3O7SSi/c1-27(2,3)37-26(33)30-18-22(38-40(7,8)28(4,5)6)17-23(30)24-13-14-29(15-16-39-24)25(32)36-19-20-9-11-21(12-10-20)31(34)35/h9-12,22-24H,13-19H2,1-8H3/t22-,23+,24?/m1/s1. The van der Waals surface area contributed by atoms with Gasteiger partial charge in [0.25, 0.3) is 5.69 Å². The molecule has 2 aliphatic rings. The molecule has 0 aliphatic carbocycles. The Kier molecular flexibility index (Phi) is 10.2. The van der Waals surface area contributed by atoms with Crippen molar-refractivity contribution in [3.8, 4) is 0 Å². The highest BCUT2D eigenvalue weighted by molar-refractivity contribution is 8.00. The number of rotatable bonds is 6. The smallest absolute Gasteiger partial charge is 0.410 e. The van der Waals surface area contributed by atoms with E-state index in [0.29, 0.717) is 31.6 Å². The number of thioether (sulfide) groups is 1. The van der Waals surface area contributed by atoms with Crippen LogP contribution in [0.3, 0.4) is 0 Å². The first-order valence-corrected chi connectivity index (χ1v) is 17.9. The second-order valence-electron chi connectivity index (χ2n) is 13.1. The molecule has 2 saturated heterocycles. The van der Waals surface area contributed by atoms with Gasteiger partial charge < -0.3 is 23.7 Å². The Morgan fingerprint density at radius 3 is 2.30 bits per heavy atom. The Labute approximate surface area is 243 Å². The van der Waals surface area contributed by atoms with E-state index in [-0.39, 0.29) is 40.8 Å². The van der Waals surface area contributed by atoms with Gasteiger partial charge in [0.15, 0.2) is 8.32 Å².